The van der Waals surface area contributed by atoms with Gasteiger partial charge < -0.3 is 10.2 Å². The van der Waals surface area contributed by atoms with Crippen LogP contribution in [0.2, 0.25) is 0 Å². The zero-order chi connectivity index (χ0) is 13.5. The van der Waals surface area contributed by atoms with Crippen LogP contribution in [-0.4, -0.2) is 23.6 Å². The Morgan fingerprint density at radius 1 is 1.16 bits per heavy atom. The zero-order valence-electron chi connectivity index (χ0n) is 11.5. The van der Waals surface area contributed by atoms with Crippen molar-refractivity contribution in [1.82, 2.24) is 9.97 Å². The molecule has 0 saturated heterocycles. The van der Waals surface area contributed by atoms with Crippen LogP contribution in [0.5, 0.6) is 0 Å². The van der Waals surface area contributed by atoms with Crippen LogP contribution in [0, 0.1) is 0 Å². The fourth-order valence-electron chi connectivity index (χ4n) is 1.80. The summed E-state index contributed by atoms with van der Waals surface area (Å²) in [6, 6.07) is 12.1. The van der Waals surface area contributed by atoms with Gasteiger partial charge in [0, 0.05) is 25.3 Å². The van der Waals surface area contributed by atoms with E-state index in [1.165, 1.54) is 6.42 Å². The molecule has 0 fully saturated rings. The van der Waals surface area contributed by atoms with Gasteiger partial charge in [0.05, 0.1) is 0 Å². The van der Waals surface area contributed by atoms with E-state index in [2.05, 4.69) is 34.3 Å². The molecule has 0 atom stereocenters. The van der Waals surface area contributed by atoms with E-state index < -0.39 is 0 Å². The van der Waals surface area contributed by atoms with Gasteiger partial charge in [-0.05, 0) is 18.6 Å². The van der Waals surface area contributed by atoms with E-state index >= 15 is 0 Å². The van der Waals surface area contributed by atoms with Crippen molar-refractivity contribution in [2.24, 2.45) is 0 Å². The molecule has 4 nitrogen and oxygen atoms in total. The summed E-state index contributed by atoms with van der Waals surface area (Å²) in [6.45, 7) is 3.12. The molecule has 0 radical (unpaired) electrons. The van der Waals surface area contributed by atoms with Gasteiger partial charge in [-0.25, -0.2) is 9.97 Å². The zero-order valence-corrected chi connectivity index (χ0v) is 11.5. The monoisotopic (exact) mass is 256 g/mol. The Morgan fingerprint density at radius 2 is 1.95 bits per heavy atom. The molecule has 0 bridgehead atoms. The minimum absolute atomic E-state index is 0.876. The maximum atomic E-state index is 4.32. The van der Waals surface area contributed by atoms with Crippen LogP contribution in [0.3, 0.4) is 0 Å². The lowest BCUT2D eigenvalue weighted by molar-refractivity contribution is 0.830. The van der Waals surface area contributed by atoms with Crippen molar-refractivity contribution in [1.29, 1.82) is 0 Å². The van der Waals surface area contributed by atoms with Gasteiger partial charge in [-0.1, -0.05) is 31.5 Å². The van der Waals surface area contributed by atoms with Crippen molar-refractivity contribution in [3.05, 3.63) is 42.7 Å². The second-order valence-corrected chi connectivity index (χ2v) is 4.44. The molecule has 0 amide bonds. The summed E-state index contributed by atoms with van der Waals surface area (Å²) in [4.78, 5) is 10.6. The van der Waals surface area contributed by atoms with Crippen molar-refractivity contribution in [2.75, 3.05) is 23.8 Å². The Bertz CT molecular complexity index is 499. The summed E-state index contributed by atoms with van der Waals surface area (Å²) in [6.07, 6.45) is 3.92. The number of hydrogen-bond acceptors (Lipinski definition) is 4. The van der Waals surface area contributed by atoms with Gasteiger partial charge in [-0.2, -0.15) is 0 Å². The van der Waals surface area contributed by atoms with Crippen LogP contribution in [0.4, 0.5) is 17.3 Å². The Balaban J connectivity index is 2.10. The Hall–Kier alpha value is -2.10. The van der Waals surface area contributed by atoms with Gasteiger partial charge in [0.2, 0.25) is 0 Å². The molecule has 0 saturated carbocycles. The maximum absolute atomic E-state index is 4.32. The third kappa shape index (κ3) is 3.68. The smallest absolute Gasteiger partial charge is 0.138 e. The third-order valence-corrected chi connectivity index (χ3v) is 2.98. The highest BCUT2D eigenvalue weighted by atomic mass is 15.2. The minimum Gasteiger partial charge on any atom is -0.370 e. The van der Waals surface area contributed by atoms with E-state index in [9.17, 15) is 0 Å². The first kappa shape index (κ1) is 13.3. The number of nitrogens with zero attached hydrogens (tertiary/aromatic N) is 3. The lowest BCUT2D eigenvalue weighted by Crippen LogP contribution is -2.12. The van der Waals surface area contributed by atoms with E-state index in [4.69, 9.17) is 0 Å². The Labute approximate surface area is 114 Å². The summed E-state index contributed by atoms with van der Waals surface area (Å²) in [5.74, 6) is 1.77. The number of anilines is 3. The van der Waals surface area contributed by atoms with Crippen LogP contribution < -0.4 is 10.2 Å². The molecule has 1 aromatic heterocycles. The summed E-state index contributed by atoms with van der Waals surface area (Å²) < 4.78 is 0. The molecule has 0 spiro atoms. The van der Waals surface area contributed by atoms with Crippen LogP contribution in [0.1, 0.15) is 19.8 Å². The normalized spacial score (nSPS) is 10.2. The minimum atomic E-state index is 0.876. The first-order valence-electron chi connectivity index (χ1n) is 6.66. The molecule has 1 heterocycles. The van der Waals surface area contributed by atoms with Gasteiger partial charge in [0.15, 0.2) is 0 Å². The van der Waals surface area contributed by atoms with Gasteiger partial charge in [-0.3, -0.25) is 0 Å². The number of aromatic nitrogens is 2. The number of nitrogens with one attached hydrogen (secondary N) is 1. The molecule has 2 rings (SSSR count). The maximum Gasteiger partial charge on any atom is 0.138 e. The average molecular weight is 256 g/mol. The van der Waals surface area contributed by atoms with Gasteiger partial charge >= 0.3 is 0 Å². The molecular weight excluding hydrogens is 236 g/mol. The first-order valence-corrected chi connectivity index (χ1v) is 6.66. The first-order chi connectivity index (χ1) is 9.31. The van der Waals surface area contributed by atoms with Crippen LogP contribution >= 0.6 is 0 Å². The number of hydrogen-bond donors (Lipinski definition) is 1. The lowest BCUT2D eigenvalue weighted by atomic mass is 10.3. The van der Waals surface area contributed by atoms with Crippen LogP contribution in [-0.2, 0) is 0 Å². The Morgan fingerprint density at radius 3 is 2.68 bits per heavy atom. The van der Waals surface area contributed by atoms with Gasteiger partial charge in [-0.15, -0.1) is 0 Å². The Kier molecular flexibility index (Phi) is 4.72. The largest absolute Gasteiger partial charge is 0.370 e. The van der Waals surface area contributed by atoms with Crippen molar-refractivity contribution in [3.63, 3.8) is 0 Å². The van der Waals surface area contributed by atoms with Gasteiger partial charge in [0.25, 0.3) is 0 Å². The van der Waals surface area contributed by atoms with Crippen molar-refractivity contribution in [2.45, 2.75) is 19.8 Å². The fraction of sp³-hybridized carbons (Fsp3) is 0.333. The molecule has 0 unspecified atom stereocenters. The number of para-hydroxylation sites is 1. The number of benzene rings is 1. The highest BCUT2D eigenvalue weighted by Gasteiger charge is 2.05. The van der Waals surface area contributed by atoms with Gasteiger partial charge in [0.1, 0.15) is 18.0 Å². The van der Waals surface area contributed by atoms with Crippen LogP contribution in [0.25, 0.3) is 0 Å². The quantitative estimate of drug-likeness (QED) is 0.804. The molecule has 4 heteroatoms. The lowest BCUT2D eigenvalue weighted by Gasteiger charge is -2.18. The fourth-order valence-corrected chi connectivity index (χ4v) is 1.80. The van der Waals surface area contributed by atoms with Crippen molar-refractivity contribution < 1.29 is 0 Å². The summed E-state index contributed by atoms with van der Waals surface area (Å²) >= 11 is 0. The molecule has 0 aliphatic heterocycles. The molecule has 0 aliphatic carbocycles. The van der Waals surface area contributed by atoms with E-state index in [-0.39, 0.29) is 0 Å². The molecule has 19 heavy (non-hydrogen) atoms. The molecule has 1 N–H and O–H groups in total. The van der Waals surface area contributed by atoms with E-state index in [0.717, 1.165) is 30.3 Å². The summed E-state index contributed by atoms with van der Waals surface area (Å²) in [7, 11) is 2.01. The topological polar surface area (TPSA) is 41.0 Å². The van der Waals surface area contributed by atoms with E-state index in [1.54, 1.807) is 6.33 Å². The number of unbranched alkanes of at least 4 members (excludes halogenated alkanes) is 1. The summed E-state index contributed by atoms with van der Waals surface area (Å²) in [5.41, 5.74) is 1.11. The number of rotatable bonds is 6. The second kappa shape index (κ2) is 6.73. The third-order valence-electron chi connectivity index (χ3n) is 2.98. The highest BCUT2D eigenvalue weighted by molar-refractivity contribution is 5.61. The molecular formula is C15H20N4. The van der Waals surface area contributed by atoms with Crippen molar-refractivity contribution >= 4 is 17.3 Å². The molecule has 2 aromatic rings. The second-order valence-electron chi connectivity index (χ2n) is 4.44. The average Bonchev–Trinajstić information content (AvgIpc) is 2.48. The van der Waals surface area contributed by atoms with Crippen LogP contribution in [0.15, 0.2) is 42.7 Å². The SMILES string of the molecule is CCCCNc1cc(N(C)c2ccccc2)ncn1. The summed E-state index contributed by atoms with van der Waals surface area (Å²) in [5, 5.41) is 3.31. The molecule has 100 valence electrons. The molecule has 0 aliphatic rings. The standard InChI is InChI=1S/C15H20N4/c1-3-4-10-16-14-11-15(18-12-17-14)19(2)13-8-6-5-7-9-13/h5-9,11-12H,3-4,10H2,1-2H3,(H,16,17,18). The predicted octanol–water partition coefficient (Wildman–Crippen LogP) is 3.46. The highest BCUT2D eigenvalue weighted by Crippen LogP contribution is 2.22. The molecule has 1 aromatic carbocycles. The van der Waals surface area contributed by atoms with E-state index in [1.807, 2.05) is 36.2 Å². The predicted molar refractivity (Wildman–Crippen MR) is 79.9 cm³/mol. The van der Waals surface area contributed by atoms with Crippen molar-refractivity contribution in [3.8, 4) is 0 Å². The van der Waals surface area contributed by atoms with E-state index in [0.29, 0.717) is 0 Å².